The number of aliphatic hydroxyl groups excluding tert-OH is 1. The molecule has 1 aliphatic carbocycles. The number of nitrogens with one attached hydrogen (secondary N) is 1. The third kappa shape index (κ3) is 3.63. The van der Waals surface area contributed by atoms with Gasteiger partial charge in [-0.05, 0) is 50.3 Å². The summed E-state index contributed by atoms with van der Waals surface area (Å²) < 4.78 is 0. The lowest BCUT2D eigenvalue weighted by atomic mass is 9.75. The van der Waals surface area contributed by atoms with Crippen LogP contribution in [0.1, 0.15) is 37.3 Å². The molecule has 2 aliphatic rings. The van der Waals surface area contributed by atoms with Crippen LogP contribution in [0, 0.1) is 5.92 Å². The van der Waals surface area contributed by atoms with Crippen molar-refractivity contribution in [3.05, 3.63) is 35.9 Å². The Morgan fingerprint density at radius 1 is 1.24 bits per heavy atom. The highest BCUT2D eigenvalue weighted by Gasteiger charge is 2.35. The normalized spacial score (nSPS) is 27.1. The summed E-state index contributed by atoms with van der Waals surface area (Å²) in [6, 6.07) is 10.2. The highest BCUT2D eigenvalue weighted by atomic mass is 16.3. The van der Waals surface area contributed by atoms with Crippen LogP contribution >= 0.6 is 0 Å². The lowest BCUT2D eigenvalue weighted by molar-refractivity contribution is -0.124. The largest absolute Gasteiger partial charge is 0.393 e. The minimum atomic E-state index is -0.198. The van der Waals surface area contributed by atoms with Crippen molar-refractivity contribution >= 4 is 5.91 Å². The van der Waals surface area contributed by atoms with Gasteiger partial charge in [0.15, 0.2) is 0 Å². The molecule has 21 heavy (non-hydrogen) atoms. The van der Waals surface area contributed by atoms with E-state index in [9.17, 15) is 9.90 Å². The average Bonchev–Trinajstić information content (AvgIpc) is 2.95. The van der Waals surface area contributed by atoms with E-state index in [-0.39, 0.29) is 18.1 Å². The van der Waals surface area contributed by atoms with Crippen LogP contribution in [0.5, 0.6) is 0 Å². The second-order valence-corrected chi connectivity index (χ2v) is 6.32. The number of hydrogen-bond acceptors (Lipinski definition) is 3. The predicted molar refractivity (Wildman–Crippen MR) is 81.7 cm³/mol. The number of aliphatic hydroxyl groups is 1. The Labute approximate surface area is 126 Å². The van der Waals surface area contributed by atoms with Gasteiger partial charge >= 0.3 is 0 Å². The van der Waals surface area contributed by atoms with Crippen molar-refractivity contribution in [1.29, 1.82) is 0 Å². The molecule has 1 atom stereocenters. The first kappa shape index (κ1) is 14.5. The van der Waals surface area contributed by atoms with Crippen LogP contribution in [-0.2, 0) is 4.79 Å². The first-order valence-electron chi connectivity index (χ1n) is 7.97. The summed E-state index contributed by atoms with van der Waals surface area (Å²) in [6.45, 7) is 2.57. The van der Waals surface area contributed by atoms with Crippen molar-refractivity contribution in [2.24, 2.45) is 5.92 Å². The molecule has 1 saturated carbocycles. The van der Waals surface area contributed by atoms with E-state index in [1.807, 2.05) is 18.2 Å². The van der Waals surface area contributed by atoms with Gasteiger partial charge < -0.3 is 10.4 Å². The van der Waals surface area contributed by atoms with Gasteiger partial charge in [0, 0.05) is 0 Å². The second-order valence-electron chi connectivity index (χ2n) is 6.32. The van der Waals surface area contributed by atoms with Crippen LogP contribution in [0.25, 0.3) is 0 Å². The van der Waals surface area contributed by atoms with E-state index in [1.54, 1.807) is 0 Å². The molecule has 0 radical (unpaired) electrons. The molecule has 3 rings (SSSR count). The van der Waals surface area contributed by atoms with Gasteiger partial charge in [-0.3, -0.25) is 9.69 Å². The van der Waals surface area contributed by atoms with E-state index in [0.717, 1.165) is 31.5 Å². The number of amides is 1. The van der Waals surface area contributed by atoms with E-state index < -0.39 is 0 Å². The fraction of sp³-hybridized carbons (Fsp3) is 0.588. The van der Waals surface area contributed by atoms with Gasteiger partial charge in [0.05, 0.1) is 18.7 Å². The van der Waals surface area contributed by atoms with Gasteiger partial charge in [-0.2, -0.15) is 0 Å². The maximum atomic E-state index is 12.3. The second kappa shape index (κ2) is 6.58. The third-order valence-electron chi connectivity index (χ3n) is 4.66. The van der Waals surface area contributed by atoms with Crippen LogP contribution in [0.4, 0.5) is 0 Å². The zero-order valence-corrected chi connectivity index (χ0v) is 12.4. The average molecular weight is 288 g/mol. The lowest BCUT2D eigenvalue weighted by Crippen LogP contribution is -2.44. The van der Waals surface area contributed by atoms with E-state index in [1.165, 1.54) is 12.8 Å². The van der Waals surface area contributed by atoms with Gasteiger partial charge in [-0.15, -0.1) is 0 Å². The van der Waals surface area contributed by atoms with Gasteiger partial charge in [0.2, 0.25) is 5.91 Å². The monoisotopic (exact) mass is 288 g/mol. The van der Waals surface area contributed by atoms with Gasteiger partial charge in [-0.1, -0.05) is 30.3 Å². The molecule has 4 nitrogen and oxygen atoms in total. The fourth-order valence-electron chi connectivity index (χ4n) is 3.40. The molecule has 1 aromatic rings. The Bertz CT molecular complexity index is 465. The molecular weight excluding hydrogens is 264 g/mol. The Kier molecular flexibility index (Phi) is 4.56. The Balaban J connectivity index is 1.63. The lowest BCUT2D eigenvalue weighted by Gasteiger charge is -2.38. The molecule has 1 saturated heterocycles. The number of hydrogen-bond donors (Lipinski definition) is 2. The zero-order chi connectivity index (χ0) is 14.7. The summed E-state index contributed by atoms with van der Waals surface area (Å²) in [6.07, 6.45) is 3.76. The number of carbonyl (C=O) groups is 1. The molecule has 2 fully saturated rings. The fourth-order valence-corrected chi connectivity index (χ4v) is 3.40. The maximum Gasteiger partial charge on any atom is 0.234 e. The summed E-state index contributed by atoms with van der Waals surface area (Å²) in [5.74, 6) is 0.456. The number of carbonyl (C=O) groups excluding carboxylic acids is 1. The molecule has 2 N–H and O–H groups in total. The van der Waals surface area contributed by atoms with E-state index in [4.69, 9.17) is 0 Å². The highest BCUT2D eigenvalue weighted by molar-refractivity contribution is 5.78. The van der Waals surface area contributed by atoms with Crippen molar-refractivity contribution in [2.45, 2.75) is 37.8 Å². The Morgan fingerprint density at radius 2 is 1.90 bits per heavy atom. The molecule has 0 aromatic heterocycles. The van der Waals surface area contributed by atoms with E-state index >= 15 is 0 Å². The van der Waals surface area contributed by atoms with Crippen molar-refractivity contribution in [1.82, 2.24) is 10.2 Å². The van der Waals surface area contributed by atoms with Crippen molar-refractivity contribution < 1.29 is 9.90 Å². The van der Waals surface area contributed by atoms with Crippen LogP contribution in [0.15, 0.2) is 30.3 Å². The summed E-state index contributed by atoms with van der Waals surface area (Å²) in [5.41, 5.74) is 1.14. The van der Waals surface area contributed by atoms with Crippen LogP contribution in [0.3, 0.4) is 0 Å². The van der Waals surface area contributed by atoms with E-state index in [0.29, 0.717) is 12.5 Å². The van der Waals surface area contributed by atoms with Crippen LogP contribution in [0.2, 0.25) is 0 Å². The summed E-state index contributed by atoms with van der Waals surface area (Å²) >= 11 is 0. The van der Waals surface area contributed by atoms with Gasteiger partial charge in [-0.25, -0.2) is 0 Å². The molecule has 1 aliphatic heterocycles. The summed E-state index contributed by atoms with van der Waals surface area (Å²) in [7, 11) is 0. The number of benzene rings is 1. The Morgan fingerprint density at radius 3 is 2.52 bits per heavy atom. The SMILES string of the molecule is O=C(CN1CCCC1)N[C@H](c1ccccc1)C1CC(O)C1. The van der Waals surface area contributed by atoms with Crippen molar-refractivity contribution in [2.75, 3.05) is 19.6 Å². The smallest absolute Gasteiger partial charge is 0.234 e. The molecule has 1 aromatic carbocycles. The molecular formula is C17H24N2O2. The minimum Gasteiger partial charge on any atom is -0.393 e. The first-order valence-corrected chi connectivity index (χ1v) is 7.97. The molecule has 114 valence electrons. The number of rotatable bonds is 5. The molecule has 1 amide bonds. The van der Waals surface area contributed by atoms with Crippen LogP contribution < -0.4 is 5.32 Å². The number of likely N-dealkylation sites (tertiary alicyclic amines) is 1. The quantitative estimate of drug-likeness (QED) is 0.867. The summed E-state index contributed by atoms with van der Waals surface area (Å²) in [4.78, 5) is 14.5. The van der Waals surface area contributed by atoms with Gasteiger partial charge in [0.1, 0.15) is 0 Å². The van der Waals surface area contributed by atoms with Crippen LogP contribution in [-0.4, -0.2) is 41.7 Å². The minimum absolute atomic E-state index is 0.0321. The number of nitrogens with zero attached hydrogens (tertiary/aromatic N) is 1. The molecule has 0 unspecified atom stereocenters. The first-order chi connectivity index (χ1) is 10.2. The molecule has 0 bridgehead atoms. The topological polar surface area (TPSA) is 52.6 Å². The summed E-state index contributed by atoms with van der Waals surface area (Å²) in [5, 5.41) is 12.7. The highest BCUT2D eigenvalue weighted by Crippen LogP contribution is 2.37. The predicted octanol–water partition coefficient (Wildman–Crippen LogP) is 1.71. The molecule has 1 heterocycles. The standard InChI is InChI=1S/C17H24N2O2/c20-15-10-14(11-15)17(13-6-2-1-3-7-13)18-16(21)12-19-8-4-5-9-19/h1-3,6-7,14-15,17,20H,4-5,8-12H2,(H,18,21)/t14?,15?,17-/m1/s1. The third-order valence-corrected chi connectivity index (χ3v) is 4.66. The zero-order valence-electron chi connectivity index (χ0n) is 12.4. The van der Waals surface area contributed by atoms with Crippen molar-refractivity contribution in [3.63, 3.8) is 0 Å². The maximum absolute atomic E-state index is 12.3. The van der Waals surface area contributed by atoms with Gasteiger partial charge in [0.25, 0.3) is 0 Å². The molecule has 4 heteroatoms. The molecule has 0 spiro atoms. The Hall–Kier alpha value is -1.39. The van der Waals surface area contributed by atoms with E-state index in [2.05, 4.69) is 22.3 Å². The van der Waals surface area contributed by atoms with Crippen molar-refractivity contribution in [3.8, 4) is 0 Å².